The number of allylic oxidation sites excluding steroid dienone is 2. The molecule has 0 unspecified atom stereocenters. The molecule has 3 heteroatoms. The van der Waals surface area contributed by atoms with Crippen LogP contribution in [0.2, 0.25) is 0 Å². The molecule has 16 heavy (non-hydrogen) atoms. The normalized spacial score (nSPS) is 20.4. The van der Waals surface area contributed by atoms with Gasteiger partial charge in [-0.05, 0) is 24.1 Å². The highest BCUT2D eigenvalue weighted by atomic mass is 16.5. The molecule has 2 rings (SSSR count). The minimum absolute atomic E-state index is 0.0969. The summed E-state index contributed by atoms with van der Waals surface area (Å²) in [7, 11) is 1.64. The highest BCUT2D eigenvalue weighted by molar-refractivity contribution is 5.92. The van der Waals surface area contributed by atoms with E-state index in [4.69, 9.17) is 10.5 Å². The number of methoxy groups -OCH3 is 1. The number of rotatable bonds is 2. The van der Waals surface area contributed by atoms with Crippen molar-refractivity contribution >= 4 is 5.78 Å². The number of hydrogen-bond acceptors (Lipinski definition) is 3. The van der Waals surface area contributed by atoms with Crippen LogP contribution >= 0.6 is 0 Å². The molecule has 0 bridgehead atoms. The Morgan fingerprint density at radius 3 is 2.75 bits per heavy atom. The van der Waals surface area contributed by atoms with Gasteiger partial charge in [-0.1, -0.05) is 18.2 Å². The number of carbonyl (C=O) groups is 1. The van der Waals surface area contributed by atoms with Crippen LogP contribution in [0, 0.1) is 0 Å². The van der Waals surface area contributed by atoms with Crippen LogP contribution in [0.3, 0.4) is 0 Å². The molecule has 2 N–H and O–H groups in total. The van der Waals surface area contributed by atoms with Gasteiger partial charge in [0.1, 0.15) is 5.75 Å². The molecule has 0 amide bonds. The monoisotopic (exact) mass is 217 g/mol. The van der Waals surface area contributed by atoms with E-state index in [-0.39, 0.29) is 11.7 Å². The molecule has 0 aliphatic heterocycles. The number of hydrogen-bond donors (Lipinski definition) is 1. The molecule has 1 aliphatic rings. The van der Waals surface area contributed by atoms with Gasteiger partial charge in [-0.15, -0.1) is 0 Å². The van der Waals surface area contributed by atoms with Crippen molar-refractivity contribution in [3.8, 4) is 5.75 Å². The lowest BCUT2D eigenvalue weighted by atomic mass is 9.85. The van der Waals surface area contributed by atoms with Gasteiger partial charge in [0.15, 0.2) is 5.78 Å². The van der Waals surface area contributed by atoms with Crippen LogP contribution in [0.15, 0.2) is 36.0 Å². The fourth-order valence-corrected chi connectivity index (χ4v) is 2.15. The third-order valence-corrected chi connectivity index (χ3v) is 2.85. The molecule has 1 aromatic carbocycles. The van der Waals surface area contributed by atoms with Crippen molar-refractivity contribution in [3.05, 3.63) is 41.6 Å². The van der Waals surface area contributed by atoms with E-state index >= 15 is 0 Å². The average molecular weight is 217 g/mol. The average Bonchev–Trinajstić information content (AvgIpc) is 2.27. The third kappa shape index (κ3) is 2.08. The number of para-hydroxylation sites is 1. The fourth-order valence-electron chi connectivity index (χ4n) is 2.15. The summed E-state index contributed by atoms with van der Waals surface area (Å²) in [6.07, 6.45) is 2.78. The number of nitrogens with two attached hydrogens (primary N) is 1. The van der Waals surface area contributed by atoms with Gasteiger partial charge in [-0.25, -0.2) is 0 Å². The maximum Gasteiger partial charge on any atom is 0.158 e. The second-order valence-electron chi connectivity index (χ2n) is 4.03. The molecule has 0 fully saturated rings. The predicted molar refractivity (Wildman–Crippen MR) is 62.2 cm³/mol. The molecule has 0 saturated heterocycles. The van der Waals surface area contributed by atoms with Crippen LogP contribution in [0.5, 0.6) is 5.75 Å². The second-order valence-corrected chi connectivity index (χ2v) is 4.03. The Morgan fingerprint density at radius 1 is 1.31 bits per heavy atom. The Morgan fingerprint density at radius 2 is 2.06 bits per heavy atom. The molecule has 3 nitrogen and oxygen atoms in total. The largest absolute Gasteiger partial charge is 0.496 e. The van der Waals surface area contributed by atoms with E-state index in [0.717, 1.165) is 17.7 Å². The third-order valence-electron chi connectivity index (χ3n) is 2.85. The molecule has 0 heterocycles. The van der Waals surface area contributed by atoms with Gasteiger partial charge < -0.3 is 10.5 Å². The lowest BCUT2D eigenvalue weighted by molar-refractivity contribution is -0.115. The molecule has 84 valence electrons. The molecular formula is C13H15NO2. The number of ether oxygens (including phenoxy) is 1. The fraction of sp³-hybridized carbons (Fsp3) is 0.308. The van der Waals surface area contributed by atoms with E-state index in [0.29, 0.717) is 12.1 Å². The summed E-state index contributed by atoms with van der Waals surface area (Å²) in [5.74, 6) is 1.07. The Bertz CT molecular complexity index is 437. The molecule has 0 saturated carbocycles. The van der Waals surface area contributed by atoms with Crippen LogP contribution in [0.25, 0.3) is 0 Å². The number of carbonyl (C=O) groups excluding carboxylic acids is 1. The summed E-state index contributed by atoms with van der Waals surface area (Å²) >= 11 is 0. The molecule has 0 radical (unpaired) electrons. The Labute approximate surface area is 94.9 Å². The van der Waals surface area contributed by atoms with Crippen molar-refractivity contribution in [1.29, 1.82) is 0 Å². The van der Waals surface area contributed by atoms with Crippen molar-refractivity contribution < 1.29 is 9.53 Å². The van der Waals surface area contributed by atoms with Gasteiger partial charge in [-0.2, -0.15) is 0 Å². The molecule has 1 atom stereocenters. The smallest absolute Gasteiger partial charge is 0.158 e. The van der Waals surface area contributed by atoms with Gasteiger partial charge in [0.05, 0.1) is 7.11 Å². The molecular weight excluding hydrogens is 202 g/mol. The van der Waals surface area contributed by atoms with Crippen molar-refractivity contribution in [2.24, 2.45) is 5.73 Å². The Kier molecular flexibility index (Phi) is 2.95. The highest BCUT2D eigenvalue weighted by Crippen LogP contribution is 2.34. The minimum Gasteiger partial charge on any atom is -0.496 e. The summed E-state index contributed by atoms with van der Waals surface area (Å²) in [5, 5.41) is 0. The summed E-state index contributed by atoms with van der Waals surface area (Å²) in [4.78, 5) is 11.5. The van der Waals surface area contributed by atoms with E-state index in [2.05, 4.69) is 0 Å². The van der Waals surface area contributed by atoms with E-state index < -0.39 is 0 Å². The van der Waals surface area contributed by atoms with Crippen molar-refractivity contribution in [3.63, 3.8) is 0 Å². The van der Waals surface area contributed by atoms with Crippen LogP contribution in [-0.4, -0.2) is 12.9 Å². The van der Waals surface area contributed by atoms with Crippen LogP contribution < -0.4 is 10.5 Å². The summed E-state index contributed by atoms with van der Waals surface area (Å²) in [6, 6.07) is 7.78. The first-order chi connectivity index (χ1) is 7.70. The molecule has 0 spiro atoms. The van der Waals surface area contributed by atoms with E-state index in [1.54, 1.807) is 7.11 Å². The summed E-state index contributed by atoms with van der Waals surface area (Å²) in [5.41, 5.74) is 7.47. The van der Waals surface area contributed by atoms with Crippen molar-refractivity contribution in [1.82, 2.24) is 0 Å². The van der Waals surface area contributed by atoms with Crippen LogP contribution in [0.1, 0.15) is 24.3 Å². The second kappa shape index (κ2) is 4.39. The lowest BCUT2D eigenvalue weighted by Crippen LogP contribution is -2.17. The van der Waals surface area contributed by atoms with Gasteiger partial charge in [-0.3, -0.25) is 4.79 Å². The minimum atomic E-state index is 0.0969. The van der Waals surface area contributed by atoms with Gasteiger partial charge in [0, 0.05) is 18.0 Å². The van der Waals surface area contributed by atoms with Crippen LogP contribution in [0.4, 0.5) is 0 Å². The van der Waals surface area contributed by atoms with Crippen molar-refractivity contribution in [2.45, 2.75) is 18.8 Å². The zero-order valence-corrected chi connectivity index (χ0v) is 9.27. The highest BCUT2D eigenvalue weighted by Gasteiger charge is 2.23. The van der Waals surface area contributed by atoms with Crippen LogP contribution in [-0.2, 0) is 4.79 Å². The predicted octanol–water partition coefficient (Wildman–Crippen LogP) is 1.98. The maximum atomic E-state index is 11.5. The van der Waals surface area contributed by atoms with Gasteiger partial charge in [0.25, 0.3) is 0 Å². The summed E-state index contributed by atoms with van der Waals surface area (Å²) in [6.45, 7) is 0. The first-order valence-electron chi connectivity index (χ1n) is 5.32. The van der Waals surface area contributed by atoms with E-state index in [9.17, 15) is 4.79 Å². The quantitative estimate of drug-likeness (QED) is 0.824. The first kappa shape index (κ1) is 10.7. The van der Waals surface area contributed by atoms with E-state index in [1.807, 2.05) is 24.3 Å². The van der Waals surface area contributed by atoms with Gasteiger partial charge in [0.2, 0.25) is 0 Å². The summed E-state index contributed by atoms with van der Waals surface area (Å²) < 4.78 is 5.30. The molecule has 1 aliphatic carbocycles. The van der Waals surface area contributed by atoms with E-state index in [1.165, 1.54) is 6.08 Å². The molecule has 0 aromatic heterocycles. The maximum absolute atomic E-state index is 11.5. The van der Waals surface area contributed by atoms with Crippen molar-refractivity contribution in [2.75, 3.05) is 7.11 Å². The number of benzene rings is 1. The topological polar surface area (TPSA) is 52.3 Å². The van der Waals surface area contributed by atoms with Gasteiger partial charge >= 0.3 is 0 Å². The Balaban J connectivity index is 2.31. The molecule has 1 aromatic rings. The number of ketones is 1. The first-order valence-corrected chi connectivity index (χ1v) is 5.32. The standard InChI is InChI=1S/C13H15NO2/c1-16-13-5-3-2-4-12(13)9-6-10(14)8-11(15)7-9/h2-5,8-9H,6-7,14H2,1H3/t9-/m0/s1. The Hall–Kier alpha value is -1.77. The zero-order chi connectivity index (χ0) is 11.5. The zero-order valence-electron chi connectivity index (χ0n) is 9.27. The lowest BCUT2D eigenvalue weighted by Gasteiger charge is -2.22. The SMILES string of the molecule is COc1ccccc1[C@@H]1CC(=O)C=C(N)C1.